The van der Waals surface area contributed by atoms with E-state index >= 15 is 0 Å². The fourth-order valence-corrected chi connectivity index (χ4v) is 6.89. The second kappa shape index (κ2) is 9.89. The summed E-state index contributed by atoms with van der Waals surface area (Å²) in [5.41, 5.74) is 7.88. The molecule has 1 aromatic heterocycles. The predicted octanol–water partition coefficient (Wildman–Crippen LogP) is 4.65. The zero-order valence-corrected chi connectivity index (χ0v) is 23.4. The SMILES string of the molecule is Cc1ccc(OCc2ccc3c(c2C)CCN(C2COC2)CC3)c(-c2cccc(N3C[C@@H]4C[C@]4(C(=O)O)C3)n2)c1. The van der Waals surface area contributed by atoms with Crippen molar-refractivity contribution < 1.29 is 19.4 Å². The van der Waals surface area contributed by atoms with Crippen LogP contribution in [-0.4, -0.2) is 66.4 Å². The van der Waals surface area contributed by atoms with Crippen LogP contribution in [0.25, 0.3) is 11.3 Å². The van der Waals surface area contributed by atoms with Crippen LogP contribution in [0.3, 0.4) is 0 Å². The summed E-state index contributed by atoms with van der Waals surface area (Å²) in [6.45, 7) is 10.0. The number of aromatic nitrogens is 1. The Hall–Kier alpha value is -3.42. The van der Waals surface area contributed by atoms with Crippen LogP contribution in [0.5, 0.6) is 5.75 Å². The van der Waals surface area contributed by atoms with Gasteiger partial charge in [0, 0.05) is 31.7 Å². The van der Waals surface area contributed by atoms with Gasteiger partial charge in [0.1, 0.15) is 18.2 Å². The molecule has 0 bridgehead atoms. The van der Waals surface area contributed by atoms with Crippen molar-refractivity contribution in [2.24, 2.45) is 11.3 Å². The van der Waals surface area contributed by atoms with Gasteiger partial charge in [-0.3, -0.25) is 9.69 Å². The number of nitrogens with zero attached hydrogens (tertiary/aromatic N) is 3. The number of pyridine rings is 1. The van der Waals surface area contributed by atoms with Crippen LogP contribution in [0.15, 0.2) is 48.5 Å². The third kappa shape index (κ3) is 4.45. The zero-order chi connectivity index (χ0) is 27.4. The number of carboxylic acid groups (broad SMARTS) is 1. The third-order valence-corrected chi connectivity index (χ3v) is 9.69. The van der Waals surface area contributed by atoms with E-state index < -0.39 is 11.4 Å². The van der Waals surface area contributed by atoms with Gasteiger partial charge in [0.25, 0.3) is 0 Å². The largest absolute Gasteiger partial charge is 0.488 e. The topological polar surface area (TPSA) is 75.1 Å². The average Bonchev–Trinajstić information content (AvgIpc) is 3.57. The molecule has 1 aliphatic carbocycles. The van der Waals surface area contributed by atoms with Gasteiger partial charge < -0.3 is 19.5 Å². The number of hydrogen-bond acceptors (Lipinski definition) is 6. The van der Waals surface area contributed by atoms with Crippen LogP contribution >= 0.6 is 0 Å². The molecule has 0 spiro atoms. The lowest BCUT2D eigenvalue weighted by atomic mass is 9.94. The summed E-state index contributed by atoms with van der Waals surface area (Å²) in [5.74, 6) is 1.20. The number of hydrogen-bond donors (Lipinski definition) is 1. The molecule has 2 atom stereocenters. The first-order chi connectivity index (χ1) is 19.4. The van der Waals surface area contributed by atoms with E-state index in [1.807, 2.05) is 24.3 Å². The monoisotopic (exact) mass is 539 g/mol. The van der Waals surface area contributed by atoms with Gasteiger partial charge in [-0.25, -0.2) is 4.98 Å². The molecule has 1 N–H and O–H groups in total. The highest BCUT2D eigenvalue weighted by molar-refractivity contribution is 5.81. The Kier molecular flexibility index (Phi) is 6.32. The molecular formula is C33H37N3O4. The molecule has 0 amide bonds. The number of aliphatic carboxylic acids is 1. The van der Waals surface area contributed by atoms with Crippen molar-refractivity contribution in [2.75, 3.05) is 44.3 Å². The summed E-state index contributed by atoms with van der Waals surface area (Å²) < 4.78 is 11.9. The maximum absolute atomic E-state index is 11.8. The summed E-state index contributed by atoms with van der Waals surface area (Å²) in [6.07, 6.45) is 2.94. The Morgan fingerprint density at radius 3 is 2.75 bits per heavy atom. The molecule has 0 unspecified atom stereocenters. The molecule has 2 aromatic carbocycles. The minimum atomic E-state index is -0.677. The molecule has 0 radical (unpaired) electrons. The van der Waals surface area contributed by atoms with E-state index in [0.717, 1.165) is 80.5 Å². The van der Waals surface area contributed by atoms with Crippen molar-refractivity contribution in [3.63, 3.8) is 0 Å². The highest BCUT2D eigenvalue weighted by Crippen LogP contribution is 2.58. The van der Waals surface area contributed by atoms with Crippen molar-refractivity contribution in [1.82, 2.24) is 9.88 Å². The quantitative estimate of drug-likeness (QED) is 0.468. The number of aryl methyl sites for hydroxylation is 1. The maximum Gasteiger partial charge on any atom is 0.311 e. The van der Waals surface area contributed by atoms with Gasteiger partial charge in [0.15, 0.2) is 0 Å². The molecule has 3 aromatic rings. The predicted molar refractivity (Wildman–Crippen MR) is 154 cm³/mol. The van der Waals surface area contributed by atoms with Crippen LogP contribution in [0.1, 0.15) is 34.2 Å². The Labute approximate surface area is 235 Å². The summed E-state index contributed by atoms with van der Waals surface area (Å²) in [5, 5.41) is 9.71. The van der Waals surface area contributed by atoms with Crippen LogP contribution in [-0.2, 0) is 29.0 Å². The zero-order valence-electron chi connectivity index (χ0n) is 23.4. The normalized spacial score (nSPS) is 24.1. The van der Waals surface area contributed by atoms with Crippen LogP contribution in [0.2, 0.25) is 0 Å². The van der Waals surface area contributed by atoms with E-state index in [4.69, 9.17) is 14.5 Å². The molecule has 4 aliphatic rings. The summed E-state index contributed by atoms with van der Waals surface area (Å²) in [4.78, 5) is 21.5. The molecular weight excluding hydrogens is 502 g/mol. The minimum absolute atomic E-state index is 0.229. The molecule has 7 rings (SSSR count). The van der Waals surface area contributed by atoms with E-state index in [2.05, 4.69) is 47.9 Å². The molecule has 2 saturated heterocycles. The van der Waals surface area contributed by atoms with Crippen molar-refractivity contribution in [1.29, 1.82) is 0 Å². The van der Waals surface area contributed by atoms with Crippen LogP contribution < -0.4 is 9.64 Å². The van der Waals surface area contributed by atoms with Crippen LogP contribution in [0, 0.1) is 25.2 Å². The number of anilines is 1. The fraction of sp³-hybridized carbons (Fsp3) is 0.455. The molecule has 1 saturated carbocycles. The van der Waals surface area contributed by atoms with Gasteiger partial charge in [-0.15, -0.1) is 0 Å². The Morgan fingerprint density at radius 1 is 1.12 bits per heavy atom. The van der Waals surface area contributed by atoms with Crippen LogP contribution in [0.4, 0.5) is 5.82 Å². The molecule has 7 heteroatoms. The average molecular weight is 540 g/mol. The Morgan fingerprint density at radius 2 is 1.98 bits per heavy atom. The summed E-state index contributed by atoms with van der Waals surface area (Å²) in [6, 6.07) is 17.4. The van der Waals surface area contributed by atoms with Gasteiger partial charge in [-0.1, -0.05) is 29.8 Å². The number of ether oxygens (including phenoxy) is 2. The number of carboxylic acids is 1. The van der Waals surface area contributed by atoms with Crippen molar-refractivity contribution in [2.45, 2.75) is 45.8 Å². The molecule has 7 nitrogen and oxygen atoms in total. The summed E-state index contributed by atoms with van der Waals surface area (Å²) in [7, 11) is 0. The standard InChI is InChI=1S/C33H37N3O4/c1-21-6-9-30(28(14-21)29-4-3-5-31(34-29)36-16-25-15-33(25,20-36)32(37)38)40-17-24-8-7-23-10-12-35(26-18-39-19-26)13-11-27(23)22(24)2/h3-9,14,25-26H,10-13,15-20H2,1-2H3,(H,37,38)/t25-,33-/m0/s1. The lowest BCUT2D eigenvalue weighted by Gasteiger charge is -2.36. The maximum atomic E-state index is 11.8. The molecule has 3 fully saturated rings. The first-order valence-corrected chi connectivity index (χ1v) is 14.5. The number of fused-ring (bicyclic) bond motifs is 2. The molecule has 208 valence electrons. The molecule has 40 heavy (non-hydrogen) atoms. The van der Waals surface area contributed by atoms with E-state index in [1.54, 1.807) is 0 Å². The van der Waals surface area contributed by atoms with Gasteiger partial charge >= 0.3 is 5.97 Å². The lowest BCUT2D eigenvalue weighted by molar-refractivity contribution is -0.143. The first kappa shape index (κ1) is 25.5. The Bertz CT molecular complexity index is 1470. The van der Waals surface area contributed by atoms with Crippen molar-refractivity contribution in [3.8, 4) is 17.0 Å². The van der Waals surface area contributed by atoms with Gasteiger partial charge in [0.05, 0.1) is 30.4 Å². The number of benzene rings is 2. The number of carbonyl (C=O) groups is 1. The number of rotatable bonds is 7. The van der Waals surface area contributed by atoms with E-state index in [1.165, 1.54) is 22.3 Å². The summed E-state index contributed by atoms with van der Waals surface area (Å²) >= 11 is 0. The van der Waals surface area contributed by atoms with Gasteiger partial charge in [0.2, 0.25) is 0 Å². The second-order valence-electron chi connectivity index (χ2n) is 12.1. The first-order valence-electron chi connectivity index (χ1n) is 14.5. The fourth-order valence-electron chi connectivity index (χ4n) is 6.89. The molecule has 4 heterocycles. The highest BCUT2D eigenvalue weighted by atomic mass is 16.5. The van der Waals surface area contributed by atoms with E-state index in [-0.39, 0.29) is 5.92 Å². The van der Waals surface area contributed by atoms with E-state index in [0.29, 0.717) is 19.2 Å². The lowest BCUT2D eigenvalue weighted by Crippen LogP contribution is -2.49. The van der Waals surface area contributed by atoms with Crippen molar-refractivity contribution >= 4 is 11.8 Å². The van der Waals surface area contributed by atoms with Crippen molar-refractivity contribution in [3.05, 3.63) is 76.3 Å². The second-order valence-corrected chi connectivity index (χ2v) is 12.1. The highest BCUT2D eigenvalue weighted by Gasteiger charge is 2.65. The Balaban J connectivity index is 1.10. The number of piperidine rings is 1. The smallest absolute Gasteiger partial charge is 0.311 e. The van der Waals surface area contributed by atoms with Gasteiger partial charge in [-0.05, 0) is 85.5 Å². The van der Waals surface area contributed by atoms with Gasteiger partial charge in [-0.2, -0.15) is 0 Å². The molecule has 3 aliphatic heterocycles. The minimum Gasteiger partial charge on any atom is -0.488 e. The third-order valence-electron chi connectivity index (χ3n) is 9.69. The van der Waals surface area contributed by atoms with E-state index in [9.17, 15) is 9.90 Å².